The van der Waals surface area contributed by atoms with Crippen molar-refractivity contribution in [1.82, 2.24) is 0 Å². The van der Waals surface area contributed by atoms with E-state index in [0.29, 0.717) is 12.3 Å². The maximum absolute atomic E-state index is 11.3. The molecule has 0 fully saturated rings. The lowest BCUT2D eigenvalue weighted by Gasteiger charge is -2.00. The molecule has 0 heterocycles. The molecule has 1 aromatic rings. The Morgan fingerprint density at radius 3 is 2.83 bits per heavy atom. The van der Waals surface area contributed by atoms with E-state index in [2.05, 4.69) is 16.6 Å². The minimum Gasteiger partial charge on any atom is -0.465 e. The lowest BCUT2D eigenvalue weighted by Crippen LogP contribution is -2.03. The monoisotopic (exact) mass is 267 g/mol. The molecule has 0 saturated heterocycles. The van der Waals surface area contributed by atoms with Gasteiger partial charge >= 0.3 is 5.97 Å². The first-order valence-corrected chi connectivity index (χ1v) is 5.55. The lowest BCUT2D eigenvalue weighted by atomic mass is 10.1. The summed E-state index contributed by atoms with van der Waals surface area (Å²) in [4.78, 5) is 21.6. The fraction of sp³-hybridized carbons (Fsp3) is 0.250. The topological polar surface area (TPSA) is 69.4 Å². The predicted molar refractivity (Wildman–Crippen MR) is 66.7 cm³/mol. The van der Waals surface area contributed by atoms with E-state index in [-0.39, 0.29) is 16.8 Å². The van der Waals surface area contributed by atoms with Gasteiger partial charge in [-0.05, 0) is 12.1 Å². The van der Waals surface area contributed by atoms with Crippen LogP contribution in [0.4, 0.5) is 5.69 Å². The van der Waals surface area contributed by atoms with Crippen molar-refractivity contribution in [1.29, 1.82) is 0 Å². The van der Waals surface area contributed by atoms with Gasteiger partial charge in [-0.2, -0.15) is 0 Å². The maximum atomic E-state index is 11.3. The van der Waals surface area contributed by atoms with E-state index < -0.39 is 10.9 Å². The first-order valence-electron chi connectivity index (χ1n) is 5.01. The number of esters is 1. The second kappa shape index (κ2) is 6.62. The van der Waals surface area contributed by atoms with Gasteiger partial charge in [0.05, 0.1) is 17.6 Å². The normalized spacial score (nSPS) is 9.22. The highest BCUT2D eigenvalue weighted by molar-refractivity contribution is 6.18. The highest BCUT2D eigenvalue weighted by atomic mass is 35.5. The largest absolute Gasteiger partial charge is 0.465 e. The van der Waals surface area contributed by atoms with Gasteiger partial charge in [0.1, 0.15) is 5.56 Å². The van der Waals surface area contributed by atoms with Crippen molar-refractivity contribution in [3.05, 3.63) is 39.4 Å². The van der Waals surface area contributed by atoms with E-state index in [1.54, 1.807) is 0 Å². The molecule has 1 aromatic carbocycles. The molecule has 0 amide bonds. The van der Waals surface area contributed by atoms with Crippen LogP contribution in [-0.4, -0.2) is 23.9 Å². The Morgan fingerprint density at radius 1 is 1.56 bits per heavy atom. The number of carbonyl (C=O) groups is 1. The molecule has 5 nitrogen and oxygen atoms in total. The van der Waals surface area contributed by atoms with Crippen molar-refractivity contribution in [2.75, 3.05) is 13.0 Å². The van der Waals surface area contributed by atoms with Gasteiger partial charge in [0.15, 0.2) is 0 Å². The highest BCUT2D eigenvalue weighted by Gasteiger charge is 2.16. The number of nitro benzene ring substituents is 1. The number of nitrogens with zero attached hydrogens (tertiary/aromatic N) is 1. The summed E-state index contributed by atoms with van der Waals surface area (Å²) in [7, 11) is 1.21. The molecule has 94 valence electrons. The third kappa shape index (κ3) is 3.47. The molecular formula is C12H10ClNO4. The molecule has 0 unspecified atom stereocenters. The van der Waals surface area contributed by atoms with Crippen molar-refractivity contribution < 1.29 is 14.5 Å². The molecule has 0 spiro atoms. The van der Waals surface area contributed by atoms with Gasteiger partial charge in [-0.1, -0.05) is 11.8 Å². The van der Waals surface area contributed by atoms with E-state index in [9.17, 15) is 14.9 Å². The zero-order valence-electron chi connectivity index (χ0n) is 9.60. The van der Waals surface area contributed by atoms with Crippen LogP contribution in [-0.2, 0) is 4.74 Å². The standard InChI is InChI=1S/C12H10ClNO4/c1-18-12(15)10-6-5-9(4-2-3-7-13)11(8-10)14(16)17/h5-6,8H,3,7H2,1H3. The Balaban J connectivity index is 3.18. The summed E-state index contributed by atoms with van der Waals surface area (Å²) in [6, 6.07) is 4.01. The van der Waals surface area contributed by atoms with E-state index >= 15 is 0 Å². The third-order valence-electron chi connectivity index (χ3n) is 2.06. The molecule has 6 heteroatoms. The zero-order valence-corrected chi connectivity index (χ0v) is 10.4. The Bertz CT molecular complexity index is 531. The molecule has 0 bridgehead atoms. The minimum absolute atomic E-state index is 0.118. The number of nitro groups is 1. The number of methoxy groups -OCH3 is 1. The second-order valence-corrected chi connectivity index (χ2v) is 3.60. The molecule has 18 heavy (non-hydrogen) atoms. The zero-order chi connectivity index (χ0) is 13.5. The van der Waals surface area contributed by atoms with Crippen molar-refractivity contribution >= 4 is 23.3 Å². The van der Waals surface area contributed by atoms with Crippen molar-refractivity contribution in [3.8, 4) is 11.8 Å². The molecule has 1 rings (SSSR count). The summed E-state index contributed by atoms with van der Waals surface area (Å²) >= 11 is 5.46. The number of benzene rings is 1. The van der Waals surface area contributed by atoms with E-state index in [4.69, 9.17) is 11.6 Å². The van der Waals surface area contributed by atoms with Crippen molar-refractivity contribution in [3.63, 3.8) is 0 Å². The summed E-state index contributed by atoms with van der Waals surface area (Å²) in [5, 5.41) is 10.9. The van der Waals surface area contributed by atoms with Crippen LogP contribution in [0.15, 0.2) is 18.2 Å². The van der Waals surface area contributed by atoms with Gasteiger partial charge in [0.25, 0.3) is 5.69 Å². The summed E-state index contributed by atoms with van der Waals surface area (Å²) in [5.74, 6) is 5.09. The van der Waals surface area contributed by atoms with Crippen LogP contribution >= 0.6 is 11.6 Å². The molecule has 0 aliphatic rings. The van der Waals surface area contributed by atoms with Gasteiger partial charge in [-0.3, -0.25) is 10.1 Å². The molecule has 0 radical (unpaired) electrons. The molecular weight excluding hydrogens is 258 g/mol. The second-order valence-electron chi connectivity index (χ2n) is 3.22. The maximum Gasteiger partial charge on any atom is 0.338 e. The smallest absolute Gasteiger partial charge is 0.338 e. The molecule has 0 aromatic heterocycles. The van der Waals surface area contributed by atoms with Crippen LogP contribution in [0.25, 0.3) is 0 Å². The van der Waals surface area contributed by atoms with E-state index in [1.807, 2.05) is 0 Å². The average molecular weight is 268 g/mol. The predicted octanol–water partition coefficient (Wildman–Crippen LogP) is 2.36. The van der Waals surface area contributed by atoms with Crippen molar-refractivity contribution in [2.45, 2.75) is 6.42 Å². The minimum atomic E-state index is -0.627. The van der Waals surface area contributed by atoms with Crippen LogP contribution in [0.2, 0.25) is 0 Å². The fourth-order valence-electron chi connectivity index (χ4n) is 1.24. The van der Waals surface area contributed by atoms with Gasteiger partial charge in [-0.25, -0.2) is 4.79 Å². The highest BCUT2D eigenvalue weighted by Crippen LogP contribution is 2.20. The van der Waals surface area contributed by atoms with Crippen molar-refractivity contribution in [2.24, 2.45) is 0 Å². The fourth-order valence-corrected chi connectivity index (χ4v) is 1.33. The molecule has 0 aliphatic heterocycles. The van der Waals surface area contributed by atoms with Crippen LogP contribution < -0.4 is 0 Å². The molecule has 0 saturated carbocycles. The Kier molecular flexibility index (Phi) is 5.15. The van der Waals surface area contributed by atoms with E-state index in [1.165, 1.54) is 19.2 Å². The summed E-state index contributed by atoms with van der Waals surface area (Å²) in [6.45, 7) is 0. The number of carbonyl (C=O) groups excluding carboxylic acids is 1. The van der Waals surface area contributed by atoms with Crippen LogP contribution in [0.5, 0.6) is 0 Å². The first kappa shape index (κ1) is 14.0. The Hall–Kier alpha value is -2.06. The number of hydrogen-bond donors (Lipinski definition) is 0. The summed E-state index contributed by atoms with van der Waals surface area (Å²) in [5.41, 5.74) is 0.143. The van der Waals surface area contributed by atoms with Gasteiger partial charge in [0, 0.05) is 18.4 Å². The average Bonchev–Trinajstić information content (AvgIpc) is 2.38. The van der Waals surface area contributed by atoms with Gasteiger partial charge in [0.2, 0.25) is 0 Å². The number of hydrogen-bond acceptors (Lipinski definition) is 4. The van der Waals surface area contributed by atoms with Crippen LogP contribution in [0.3, 0.4) is 0 Å². The Labute approximate surface area is 109 Å². The quantitative estimate of drug-likeness (QED) is 0.277. The van der Waals surface area contributed by atoms with E-state index in [0.717, 1.165) is 6.07 Å². The number of alkyl halides is 1. The lowest BCUT2D eigenvalue weighted by molar-refractivity contribution is -0.385. The third-order valence-corrected chi connectivity index (χ3v) is 2.25. The molecule has 0 atom stereocenters. The van der Waals surface area contributed by atoms with Crippen LogP contribution in [0.1, 0.15) is 22.3 Å². The molecule has 0 aliphatic carbocycles. The SMILES string of the molecule is COC(=O)c1ccc(C#CCCCl)c([N+](=O)[O-])c1. The number of ether oxygens (including phenoxy) is 1. The first-order chi connectivity index (χ1) is 8.60. The van der Waals surface area contributed by atoms with Gasteiger partial charge < -0.3 is 4.74 Å². The van der Waals surface area contributed by atoms with Crippen LogP contribution in [0, 0.1) is 22.0 Å². The van der Waals surface area contributed by atoms with Gasteiger partial charge in [-0.15, -0.1) is 11.6 Å². The number of rotatable bonds is 3. The number of halogens is 1. The Morgan fingerprint density at radius 2 is 2.28 bits per heavy atom. The summed E-state index contributed by atoms with van der Waals surface area (Å²) in [6.07, 6.45) is 0.442. The summed E-state index contributed by atoms with van der Waals surface area (Å²) < 4.78 is 4.49. The molecule has 0 N–H and O–H groups in total.